The first-order valence-corrected chi connectivity index (χ1v) is 7.01. The summed E-state index contributed by atoms with van der Waals surface area (Å²) in [5, 5.41) is 4.65. The van der Waals surface area contributed by atoms with Crippen molar-refractivity contribution in [3.8, 4) is 0 Å². The van der Waals surface area contributed by atoms with Gasteiger partial charge in [0.2, 0.25) is 0 Å². The fourth-order valence-corrected chi connectivity index (χ4v) is 2.37. The molecule has 2 nitrogen and oxygen atoms in total. The molecule has 1 heterocycles. The second kappa shape index (κ2) is 5.70. The van der Waals surface area contributed by atoms with Crippen LogP contribution in [0.15, 0.2) is 36.5 Å². The molecule has 0 aliphatic heterocycles. The van der Waals surface area contributed by atoms with E-state index >= 15 is 0 Å². The molecule has 0 amide bonds. The Morgan fingerprint density at radius 3 is 2.68 bits per heavy atom. The Kier molecular flexibility index (Phi) is 4.20. The zero-order valence-electron chi connectivity index (χ0n) is 12.4. The Bertz CT molecular complexity index is 540. The van der Waals surface area contributed by atoms with E-state index < -0.39 is 0 Å². The topological polar surface area (TPSA) is 24.9 Å². The third-order valence-corrected chi connectivity index (χ3v) is 3.56. The highest BCUT2D eigenvalue weighted by Crippen LogP contribution is 2.28. The molecule has 1 N–H and O–H groups in total. The Morgan fingerprint density at radius 1 is 1.21 bits per heavy atom. The maximum absolute atomic E-state index is 4.37. The standard InChI is InChI=1S/C17H24N2/c1-17(2,3)10-9-15(18-4)14-7-8-16-13(12-14)6-5-11-19-16/h5-8,11-12,15,18H,9-10H2,1-4H3. The molecule has 1 aromatic carbocycles. The van der Waals surface area contributed by atoms with E-state index in [0.29, 0.717) is 11.5 Å². The van der Waals surface area contributed by atoms with Crippen LogP contribution < -0.4 is 5.32 Å². The molecule has 0 aliphatic rings. The van der Waals surface area contributed by atoms with Crippen LogP contribution in [0.3, 0.4) is 0 Å². The van der Waals surface area contributed by atoms with Gasteiger partial charge >= 0.3 is 0 Å². The number of nitrogens with zero attached hydrogens (tertiary/aromatic N) is 1. The van der Waals surface area contributed by atoms with E-state index in [9.17, 15) is 0 Å². The summed E-state index contributed by atoms with van der Waals surface area (Å²) in [6, 6.07) is 11.1. The molecule has 1 atom stereocenters. The summed E-state index contributed by atoms with van der Waals surface area (Å²) >= 11 is 0. The lowest BCUT2D eigenvalue weighted by atomic mass is 9.87. The Morgan fingerprint density at radius 2 is 2.00 bits per heavy atom. The fourth-order valence-electron chi connectivity index (χ4n) is 2.37. The minimum Gasteiger partial charge on any atom is -0.313 e. The van der Waals surface area contributed by atoms with Gasteiger partial charge in [0.1, 0.15) is 0 Å². The molecule has 2 rings (SSSR count). The number of rotatable bonds is 4. The van der Waals surface area contributed by atoms with Crippen LogP contribution in [0.5, 0.6) is 0 Å². The van der Waals surface area contributed by atoms with E-state index in [1.165, 1.54) is 17.4 Å². The smallest absolute Gasteiger partial charge is 0.0702 e. The molecule has 0 saturated heterocycles. The van der Waals surface area contributed by atoms with Crippen molar-refractivity contribution in [1.82, 2.24) is 10.3 Å². The highest BCUT2D eigenvalue weighted by Gasteiger charge is 2.15. The van der Waals surface area contributed by atoms with Crippen LogP contribution in [-0.4, -0.2) is 12.0 Å². The number of aromatic nitrogens is 1. The van der Waals surface area contributed by atoms with Gasteiger partial charge < -0.3 is 5.32 Å². The highest BCUT2D eigenvalue weighted by molar-refractivity contribution is 5.79. The molecular formula is C17H24N2. The first-order valence-electron chi connectivity index (χ1n) is 7.01. The van der Waals surface area contributed by atoms with Crippen molar-refractivity contribution in [1.29, 1.82) is 0 Å². The van der Waals surface area contributed by atoms with Crippen LogP contribution in [0.2, 0.25) is 0 Å². The number of benzene rings is 1. The van der Waals surface area contributed by atoms with E-state index in [0.717, 1.165) is 11.9 Å². The minimum absolute atomic E-state index is 0.382. The molecule has 2 heteroatoms. The average Bonchev–Trinajstić information content (AvgIpc) is 2.38. The summed E-state index contributed by atoms with van der Waals surface area (Å²) in [4.78, 5) is 4.37. The third kappa shape index (κ3) is 3.77. The van der Waals surface area contributed by atoms with Gasteiger partial charge in [0, 0.05) is 17.6 Å². The zero-order chi connectivity index (χ0) is 13.9. The summed E-state index contributed by atoms with van der Waals surface area (Å²) in [5.41, 5.74) is 2.80. The number of fused-ring (bicyclic) bond motifs is 1. The number of hydrogen-bond donors (Lipinski definition) is 1. The van der Waals surface area contributed by atoms with Gasteiger partial charge in [-0.1, -0.05) is 32.9 Å². The Hall–Kier alpha value is -1.41. The van der Waals surface area contributed by atoms with Gasteiger partial charge in [-0.15, -0.1) is 0 Å². The quantitative estimate of drug-likeness (QED) is 0.881. The van der Waals surface area contributed by atoms with Crippen LogP contribution in [0.25, 0.3) is 10.9 Å². The summed E-state index contributed by atoms with van der Waals surface area (Å²) in [6.07, 6.45) is 4.21. The summed E-state index contributed by atoms with van der Waals surface area (Å²) in [6.45, 7) is 6.89. The largest absolute Gasteiger partial charge is 0.313 e. The molecule has 1 unspecified atom stereocenters. The maximum atomic E-state index is 4.37. The van der Waals surface area contributed by atoms with Gasteiger partial charge in [0.05, 0.1) is 5.52 Å². The van der Waals surface area contributed by atoms with Crippen molar-refractivity contribution in [2.45, 2.75) is 39.7 Å². The summed E-state index contributed by atoms with van der Waals surface area (Å²) in [5.74, 6) is 0. The lowest BCUT2D eigenvalue weighted by Crippen LogP contribution is -2.19. The van der Waals surface area contributed by atoms with Gasteiger partial charge in [-0.2, -0.15) is 0 Å². The molecule has 1 aromatic heterocycles. The normalized spacial score (nSPS) is 13.7. The first-order chi connectivity index (χ1) is 8.99. The number of nitrogens with one attached hydrogen (secondary N) is 1. The second-order valence-corrected chi connectivity index (χ2v) is 6.40. The van der Waals surface area contributed by atoms with Gasteiger partial charge in [-0.3, -0.25) is 4.98 Å². The van der Waals surface area contributed by atoms with Crippen molar-refractivity contribution >= 4 is 10.9 Å². The van der Waals surface area contributed by atoms with Crippen LogP contribution in [0, 0.1) is 5.41 Å². The van der Waals surface area contributed by atoms with Crippen molar-refractivity contribution in [2.75, 3.05) is 7.05 Å². The van der Waals surface area contributed by atoms with Gasteiger partial charge in [0.15, 0.2) is 0 Å². The summed E-state index contributed by atoms with van der Waals surface area (Å²) in [7, 11) is 2.04. The van der Waals surface area contributed by atoms with Crippen molar-refractivity contribution in [2.24, 2.45) is 5.41 Å². The Balaban J connectivity index is 2.20. The molecular weight excluding hydrogens is 232 g/mol. The Labute approximate surface area is 116 Å². The van der Waals surface area contributed by atoms with Gasteiger partial charge in [0.25, 0.3) is 0 Å². The first kappa shape index (κ1) is 14.0. The average molecular weight is 256 g/mol. The molecule has 0 saturated carbocycles. The number of hydrogen-bond acceptors (Lipinski definition) is 2. The second-order valence-electron chi connectivity index (χ2n) is 6.40. The van der Waals surface area contributed by atoms with Gasteiger partial charge in [-0.25, -0.2) is 0 Å². The lowest BCUT2D eigenvalue weighted by Gasteiger charge is -2.23. The molecule has 2 aromatic rings. The molecule has 0 radical (unpaired) electrons. The highest BCUT2D eigenvalue weighted by atomic mass is 14.9. The van der Waals surface area contributed by atoms with Crippen molar-refractivity contribution in [3.63, 3.8) is 0 Å². The molecule has 19 heavy (non-hydrogen) atoms. The van der Waals surface area contributed by atoms with Crippen LogP contribution in [0.4, 0.5) is 0 Å². The van der Waals surface area contributed by atoms with Gasteiger partial charge in [-0.05, 0) is 49.1 Å². The monoisotopic (exact) mass is 256 g/mol. The molecule has 0 fully saturated rings. The van der Waals surface area contributed by atoms with E-state index in [4.69, 9.17) is 0 Å². The van der Waals surface area contributed by atoms with Crippen molar-refractivity contribution in [3.05, 3.63) is 42.1 Å². The molecule has 0 bridgehead atoms. The zero-order valence-corrected chi connectivity index (χ0v) is 12.4. The predicted molar refractivity (Wildman–Crippen MR) is 82.2 cm³/mol. The number of pyridine rings is 1. The van der Waals surface area contributed by atoms with E-state index in [2.05, 4.69) is 55.3 Å². The molecule has 0 spiro atoms. The molecule has 102 valence electrons. The fraction of sp³-hybridized carbons (Fsp3) is 0.471. The molecule has 0 aliphatic carbocycles. The maximum Gasteiger partial charge on any atom is 0.0702 e. The van der Waals surface area contributed by atoms with Crippen molar-refractivity contribution < 1.29 is 0 Å². The minimum atomic E-state index is 0.382. The summed E-state index contributed by atoms with van der Waals surface area (Å²) < 4.78 is 0. The van der Waals surface area contributed by atoms with Crippen LogP contribution in [-0.2, 0) is 0 Å². The van der Waals surface area contributed by atoms with Crippen LogP contribution >= 0.6 is 0 Å². The lowest BCUT2D eigenvalue weighted by molar-refractivity contribution is 0.338. The predicted octanol–water partition coefficient (Wildman–Crippen LogP) is 4.32. The van der Waals surface area contributed by atoms with E-state index in [1.807, 2.05) is 19.3 Å². The van der Waals surface area contributed by atoms with E-state index in [-0.39, 0.29) is 0 Å². The SMILES string of the molecule is CNC(CCC(C)(C)C)c1ccc2ncccc2c1. The van der Waals surface area contributed by atoms with Crippen LogP contribution in [0.1, 0.15) is 45.2 Å². The third-order valence-electron chi connectivity index (χ3n) is 3.56. The van der Waals surface area contributed by atoms with E-state index in [1.54, 1.807) is 0 Å².